The maximum Gasteiger partial charge on any atom is 0.328 e. The van der Waals surface area contributed by atoms with E-state index in [-0.39, 0.29) is 23.8 Å². The van der Waals surface area contributed by atoms with Crippen LogP contribution in [0.4, 0.5) is 8.78 Å². The Morgan fingerprint density at radius 1 is 1.22 bits per heavy atom. The standard InChI is InChI=1S/C13H14F2N2O/c1-9(2)17-7-6-16(13(17)18)8-10-4-3-5-11(14)12(10)15/h3-7,9H,8H2,1-2H3. The van der Waals surface area contributed by atoms with Crippen molar-refractivity contribution in [2.24, 2.45) is 0 Å². The molecule has 0 amide bonds. The fourth-order valence-electron chi connectivity index (χ4n) is 1.80. The molecule has 0 radical (unpaired) electrons. The van der Waals surface area contributed by atoms with E-state index in [4.69, 9.17) is 0 Å². The van der Waals surface area contributed by atoms with Gasteiger partial charge in [-0.25, -0.2) is 13.6 Å². The van der Waals surface area contributed by atoms with E-state index in [1.54, 1.807) is 12.4 Å². The Morgan fingerprint density at radius 2 is 1.94 bits per heavy atom. The van der Waals surface area contributed by atoms with Crippen molar-refractivity contribution < 1.29 is 8.78 Å². The number of nitrogens with zero attached hydrogens (tertiary/aromatic N) is 2. The van der Waals surface area contributed by atoms with Crippen molar-refractivity contribution in [3.8, 4) is 0 Å². The van der Waals surface area contributed by atoms with Crippen LogP contribution in [0.3, 0.4) is 0 Å². The molecule has 0 saturated carbocycles. The zero-order valence-corrected chi connectivity index (χ0v) is 10.2. The smallest absolute Gasteiger partial charge is 0.297 e. The van der Waals surface area contributed by atoms with E-state index in [1.807, 2.05) is 13.8 Å². The highest BCUT2D eigenvalue weighted by molar-refractivity contribution is 5.19. The molecule has 0 aliphatic carbocycles. The molecule has 5 heteroatoms. The topological polar surface area (TPSA) is 26.9 Å². The van der Waals surface area contributed by atoms with Gasteiger partial charge in [-0.3, -0.25) is 9.13 Å². The molecule has 1 heterocycles. The van der Waals surface area contributed by atoms with Gasteiger partial charge < -0.3 is 0 Å². The lowest BCUT2D eigenvalue weighted by molar-refractivity contribution is 0.492. The third-order valence-electron chi connectivity index (χ3n) is 2.80. The molecule has 0 fully saturated rings. The molecule has 0 aliphatic heterocycles. The Kier molecular flexibility index (Phi) is 3.32. The van der Waals surface area contributed by atoms with Gasteiger partial charge in [0.2, 0.25) is 0 Å². The van der Waals surface area contributed by atoms with Crippen molar-refractivity contribution in [3.05, 3.63) is 58.3 Å². The minimum Gasteiger partial charge on any atom is -0.297 e. The summed E-state index contributed by atoms with van der Waals surface area (Å²) in [7, 11) is 0. The van der Waals surface area contributed by atoms with Gasteiger partial charge in [-0.15, -0.1) is 0 Å². The van der Waals surface area contributed by atoms with E-state index in [0.717, 1.165) is 6.07 Å². The van der Waals surface area contributed by atoms with Crippen LogP contribution in [0.5, 0.6) is 0 Å². The van der Waals surface area contributed by atoms with E-state index in [0.29, 0.717) is 0 Å². The molecule has 0 spiro atoms. The minimum atomic E-state index is -0.901. The van der Waals surface area contributed by atoms with Gasteiger partial charge in [0, 0.05) is 24.0 Å². The number of imidazole rings is 1. The quantitative estimate of drug-likeness (QED) is 0.824. The van der Waals surface area contributed by atoms with Crippen LogP contribution in [0.2, 0.25) is 0 Å². The Balaban J connectivity index is 2.35. The van der Waals surface area contributed by atoms with Crippen LogP contribution in [-0.4, -0.2) is 9.13 Å². The average Bonchev–Trinajstić information content (AvgIpc) is 2.67. The van der Waals surface area contributed by atoms with Crippen LogP contribution in [0.25, 0.3) is 0 Å². The first kappa shape index (κ1) is 12.5. The summed E-state index contributed by atoms with van der Waals surface area (Å²) in [6.07, 6.45) is 3.22. The van der Waals surface area contributed by atoms with Gasteiger partial charge in [0.1, 0.15) is 0 Å². The molecule has 0 unspecified atom stereocenters. The summed E-state index contributed by atoms with van der Waals surface area (Å²) in [6, 6.07) is 3.99. The number of rotatable bonds is 3. The lowest BCUT2D eigenvalue weighted by atomic mass is 10.2. The van der Waals surface area contributed by atoms with Gasteiger partial charge in [-0.1, -0.05) is 12.1 Å². The van der Waals surface area contributed by atoms with Crippen molar-refractivity contribution in [1.29, 1.82) is 0 Å². The molecular formula is C13H14F2N2O. The van der Waals surface area contributed by atoms with E-state index in [9.17, 15) is 13.6 Å². The lowest BCUT2D eigenvalue weighted by Gasteiger charge is -2.06. The van der Waals surface area contributed by atoms with Gasteiger partial charge in [0.15, 0.2) is 11.6 Å². The highest BCUT2D eigenvalue weighted by atomic mass is 19.2. The summed E-state index contributed by atoms with van der Waals surface area (Å²) in [5.74, 6) is -1.80. The van der Waals surface area contributed by atoms with Crippen LogP contribution in [0.1, 0.15) is 25.5 Å². The number of aromatic nitrogens is 2. The second kappa shape index (κ2) is 4.76. The van der Waals surface area contributed by atoms with Crippen LogP contribution < -0.4 is 5.69 Å². The summed E-state index contributed by atoms with van der Waals surface area (Å²) in [4.78, 5) is 11.9. The molecule has 1 aromatic carbocycles. The van der Waals surface area contributed by atoms with Crippen LogP contribution in [0.15, 0.2) is 35.4 Å². The van der Waals surface area contributed by atoms with Crippen molar-refractivity contribution in [1.82, 2.24) is 9.13 Å². The largest absolute Gasteiger partial charge is 0.328 e. The third kappa shape index (κ3) is 2.20. The molecule has 0 aliphatic rings. The summed E-state index contributed by atoms with van der Waals surface area (Å²) in [5.41, 5.74) is -0.0627. The van der Waals surface area contributed by atoms with Gasteiger partial charge in [-0.2, -0.15) is 0 Å². The number of hydrogen-bond donors (Lipinski definition) is 0. The first-order valence-electron chi connectivity index (χ1n) is 5.71. The molecule has 0 atom stereocenters. The van der Waals surface area contributed by atoms with E-state index >= 15 is 0 Å². The summed E-state index contributed by atoms with van der Waals surface area (Å²) in [5, 5.41) is 0. The molecule has 0 bridgehead atoms. The predicted octanol–water partition coefficient (Wildman–Crippen LogP) is 2.56. The number of hydrogen-bond acceptors (Lipinski definition) is 1. The molecule has 0 saturated heterocycles. The minimum absolute atomic E-state index is 0.0299. The summed E-state index contributed by atoms with van der Waals surface area (Å²) >= 11 is 0. The second-order valence-corrected chi connectivity index (χ2v) is 4.42. The summed E-state index contributed by atoms with van der Waals surface area (Å²) in [6.45, 7) is 3.80. The van der Waals surface area contributed by atoms with Crippen LogP contribution in [0, 0.1) is 11.6 Å². The van der Waals surface area contributed by atoms with E-state index < -0.39 is 11.6 Å². The SMILES string of the molecule is CC(C)n1ccn(Cc2cccc(F)c2F)c1=O. The number of benzene rings is 1. The Morgan fingerprint density at radius 3 is 2.56 bits per heavy atom. The summed E-state index contributed by atoms with van der Waals surface area (Å²) < 4.78 is 29.4. The normalized spacial score (nSPS) is 11.2. The average molecular weight is 252 g/mol. The molecular weight excluding hydrogens is 238 g/mol. The molecule has 3 nitrogen and oxygen atoms in total. The lowest BCUT2D eigenvalue weighted by Crippen LogP contribution is -2.25. The van der Waals surface area contributed by atoms with Gasteiger partial charge in [0.05, 0.1) is 6.54 Å². The van der Waals surface area contributed by atoms with Crippen molar-refractivity contribution in [3.63, 3.8) is 0 Å². The zero-order valence-electron chi connectivity index (χ0n) is 10.2. The third-order valence-corrected chi connectivity index (χ3v) is 2.80. The van der Waals surface area contributed by atoms with E-state index in [1.165, 1.54) is 21.3 Å². The molecule has 96 valence electrons. The second-order valence-electron chi connectivity index (χ2n) is 4.42. The first-order chi connectivity index (χ1) is 8.50. The van der Waals surface area contributed by atoms with E-state index in [2.05, 4.69) is 0 Å². The van der Waals surface area contributed by atoms with Crippen molar-refractivity contribution in [2.45, 2.75) is 26.4 Å². The molecule has 2 aromatic rings. The zero-order chi connectivity index (χ0) is 13.3. The van der Waals surface area contributed by atoms with Gasteiger partial charge in [0.25, 0.3) is 0 Å². The van der Waals surface area contributed by atoms with Crippen LogP contribution >= 0.6 is 0 Å². The molecule has 2 rings (SSSR count). The Labute approximate surface area is 103 Å². The van der Waals surface area contributed by atoms with Crippen molar-refractivity contribution >= 4 is 0 Å². The molecule has 18 heavy (non-hydrogen) atoms. The Bertz CT molecular complexity index is 614. The fraction of sp³-hybridized carbons (Fsp3) is 0.308. The first-order valence-corrected chi connectivity index (χ1v) is 5.71. The van der Waals surface area contributed by atoms with Crippen molar-refractivity contribution in [2.75, 3.05) is 0 Å². The maximum atomic E-state index is 13.5. The highest BCUT2D eigenvalue weighted by Crippen LogP contribution is 2.12. The molecule has 1 aromatic heterocycles. The highest BCUT2D eigenvalue weighted by Gasteiger charge is 2.11. The van der Waals surface area contributed by atoms with Gasteiger partial charge >= 0.3 is 5.69 Å². The van der Waals surface area contributed by atoms with Crippen LogP contribution in [-0.2, 0) is 6.54 Å². The fourth-order valence-corrected chi connectivity index (χ4v) is 1.80. The Hall–Kier alpha value is -1.91. The van der Waals surface area contributed by atoms with Gasteiger partial charge in [-0.05, 0) is 19.9 Å². The maximum absolute atomic E-state index is 13.5. The number of halogens is 2. The predicted molar refractivity (Wildman–Crippen MR) is 64.5 cm³/mol. The monoisotopic (exact) mass is 252 g/mol. The molecule has 0 N–H and O–H groups in total.